The van der Waals surface area contributed by atoms with E-state index in [2.05, 4.69) is 15.6 Å². The fourth-order valence-corrected chi connectivity index (χ4v) is 6.10. The van der Waals surface area contributed by atoms with Gasteiger partial charge in [-0.05, 0) is 49.9 Å². The summed E-state index contributed by atoms with van der Waals surface area (Å²) in [5, 5.41) is 17.8. The van der Waals surface area contributed by atoms with Crippen LogP contribution < -0.4 is 10.6 Å². The molecule has 224 valence electrons. The van der Waals surface area contributed by atoms with E-state index in [0.717, 1.165) is 48.9 Å². The van der Waals surface area contributed by atoms with Gasteiger partial charge in [0.15, 0.2) is 11.3 Å². The number of carbonyl (C=O) groups excluding carboxylic acids is 2. The zero-order chi connectivity index (χ0) is 30.0. The summed E-state index contributed by atoms with van der Waals surface area (Å²) in [6.45, 7) is 4.13. The molecule has 3 atom stereocenters. The molecule has 42 heavy (non-hydrogen) atoms. The number of unbranched alkanes of at least 4 members (excludes halogenated alkanes) is 1. The topological polar surface area (TPSA) is 113 Å². The number of aliphatic hydroxyl groups excluding tert-OH is 1. The second-order valence-electron chi connectivity index (χ2n) is 10.9. The van der Waals surface area contributed by atoms with Crippen LogP contribution in [0, 0.1) is 5.41 Å². The molecule has 1 aromatic heterocycles. The van der Waals surface area contributed by atoms with Crippen LogP contribution in [0.4, 0.5) is 4.79 Å². The highest BCUT2D eigenvalue weighted by atomic mass is 35.5. The van der Waals surface area contributed by atoms with Crippen molar-refractivity contribution in [1.82, 2.24) is 20.6 Å². The van der Waals surface area contributed by atoms with E-state index in [4.69, 9.17) is 21.3 Å². The van der Waals surface area contributed by atoms with E-state index in [-0.39, 0.29) is 18.1 Å². The fraction of sp³-hybridized carbons (Fsp3) is 0.438. The molecule has 0 radical (unpaired) electrons. The van der Waals surface area contributed by atoms with Crippen molar-refractivity contribution in [2.75, 3.05) is 12.4 Å². The molecule has 10 heteroatoms. The normalized spacial score (nSPS) is 16.0. The van der Waals surface area contributed by atoms with E-state index < -0.39 is 24.1 Å². The van der Waals surface area contributed by atoms with E-state index in [0.29, 0.717) is 22.4 Å². The molecule has 0 aliphatic heterocycles. The largest absolute Gasteiger partial charge is 0.449 e. The molecule has 3 N–H and O–H groups in total. The Hall–Kier alpha value is -3.14. The van der Waals surface area contributed by atoms with E-state index in [9.17, 15) is 14.7 Å². The fourth-order valence-electron chi connectivity index (χ4n) is 4.87. The number of benzene rings is 2. The first-order chi connectivity index (χ1) is 20.3. The van der Waals surface area contributed by atoms with Gasteiger partial charge in [-0.15, -0.1) is 0 Å². The van der Waals surface area contributed by atoms with E-state index in [1.165, 1.54) is 0 Å². The number of nitrogens with zero attached hydrogens (tertiary/aromatic N) is 2. The second-order valence-corrected chi connectivity index (χ2v) is 12.3. The number of ether oxygens (including phenoxy) is 1. The summed E-state index contributed by atoms with van der Waals surface area (Å²) in [5.41, 5.74) is 2.55. The molecule has 1 unspecified atom stereocenters. The van der Waals surface area contributed by atoms with Gasteiger partial charge in [-0.3, -0.25) is 4.79 Å². The number of hydrogen-bond donors (Lipinski definition) is 3. The van der Waals surface area contributed by atoms with Gasteiger partial charge in [0.1, 0.15) is 0 Å². The van der Waals surface area contributed by atoms with Crippen LogP contribution in [0.5, 0.6) is 0 Å². The van der Waals surface area contributed by atoms with Crippen LogP contribution in [0.3, 0.4) is 0 Å². The Morgan fingerprint density at radius 1 is 1.10 bits per heavy atom. The van der Waals surface area contributed by atoms with Gasteiger partial charge in [0, 0.05) is 28.0 Å². The highest BCUT2D eigenvalue weighted by molar-refractivity contribution is 7.99. The average Bonchev–Trinajstić information content (AvgIpc) is 2.99. The van der Waals surface area contributed by atoms with Gasteiger partial charge in [0.25, 0.3) is 5.91 Å². The summed E-state index contributed by atoms with van der Waals surface area (Å²) in [5.74, 6) is 0.187. The number of hydrogen-bond acceptors (Lipinski definition) is 7. The monoisotopic (exact) mass is 610 g/mol. The Morgan fingerprint density at radius 3 is 2.50 bits per heavy atom. The van der Waals surface area contributed by atoms with Crippen molar-refractivity contribution in [3.8, 4) is 11.3 Å². The van der Waals surface area contributed by atoms with Crippen molar-refractivity contribution >= 4 is 35.4 Å². The molecule has 8 nitrogen and oxygen atoms in total. The SMILES string of the molecule is CCCC[C@H](NC(=O)OCC1(CSc2nccc(-c3ccc(Cl)cc3)n2)CCC1)C(O)C(=O)N[C@H](C)c1ccccc1. The minimum atomic E-state index is -1.39. The van der Waals surface area contributed by atoms with Gasteiger partial charge in [0.05, 0.1) is 24.4 Å². The van der Waals surface area contributed by atoms with Crippen molar-refractivity contribution < 1.29 is 19.4 Å². The molecule has 0 spiro atoms. The molecular weight excluding hydrogens is 572 g/mol. The number of nitrogens with one attached hydrogen (secondary N) is 2. The smallest absolute Gasteiger partial charge is 0.407 e. The van der Waals surface area contributed by atoms with Crippen molar-refractivity contribution in [2.45, 2.75) is 75.7 Å². The number of rotatable bonds is 14. The predicted octanol–water partition coefficient (Wildman–Crippen LogP) is 6.58. The molecule has 2 aromatic carbocycles. The molecule has 0 bridgehead atoms. The van der Waals surface area contributed by atoms with Crippen LogP contribution in [0.2, 0.25) is 5.02 Å². The highest BCUT2D eigenvalue weighted by Gasteiger charge is 2.39. The molecular formula is C32H39ClN4O4S. The number of amides is 2. The van der Waals surface area contributed by atoms with Gasteiger partial charge in [-0.25, -0.2) is 14.8 Å². The lowest BCUT2D eigenvalue weighted by Gasteiger charge is -2.40. The Bertz CT molecular complexity index is 1310. The highest BCUT2D eigenvalue weighted by Crippen LogP contribution is 2.44. The minimum absolute atomic E-state index is 0.165. The Labute approximate surface area is 257 Å². The quantitative estimate of drug-likeness (QED) is 0.139. The zero-order valence-electron chi connectivity index (χ0n) is 24.1. The number of aliphatic hydroxyl groups is 1. The van der Waals surface area contributed by atoms with E-state index in [1.807, 2.05) is 74.5 Å². The molecule has 1 saturated carbocycles. The lowest BCUT2D eigenvalue weighted by atomic mass is 9.71. The first-order valence-corrected chi connectivity index (χ1v) is 15.8. The standard InChI is InChI=1S/C32H39ClN4O4S/c1-3-4-11-27(28(38)29(39)35-22(2)23-9-6-5-7-10-23)37-31(40)41-20-32(17-8-18-32)21-42-30-34-19-16-26(36-30)24-12-14-25(33)15-13-24/h5-7,9-10,12-16,19,22,27-28,38H,3-4,8,11,17-18,20-21H2,1-2H3,(H,35,39)(H,37,40)/t22-,27+,28?/m1/s1. The lowest BCUT2D eigenvalue weighted by molar-refractivity contribution is -0.131. The first-order valence-electron chi connectivity index (χ1n) is 14.5. The molecule has 4 rings (SSSR count). The third kappa shape index (κ3) is 8.93. The zero-order valence-corrected chi connectivity index (χ0v) is 25.7. The number of carbonyl (C=O) groups is 2. The lowest BCUT2D eigenvalue weighted by Crippen LogP contribution is -2.51. The molecule has 2 amide bonds. The minimum Gasteiger partial charge on any atom is -0.449 e. The molecule has 1 fully saturated rings. The number of thioether (sulfide) groups is 1. The van der Waals surface area contributed by atoms with Gasteiger partial charge in [0.2, 0.25) is 0 Å². The summed E-state index contributed by atoms with van der Waals surface area (Å²) >= 11 is 7.57. The number of aromatic nitrogens is 2. The van der Waals surface area contributed by atoms with Crippen LogP contribution in [0.1, 0.15) is 64.0 Å². The van der Waals surface area contributed by atoms with Crippen molar-refractivity contribution in [2.24, 2.45) is 5.41 Å². The van der Waals surface area contributed by atoms with Gasteiger partial charge in [-0.2, -0.15) is 0 Å². The third-order valence-corrected chi connectivity index (χ3v) is 9.15. The van der Waals surface area contributed by atoms with Crippen LogP contribution in [0.15, 0.2) is 72.0 Å². The summed E-state index contributed by atoms with van der Waals surface area (Å²) in [4.78, 5) is 34.8. The summed E-state index contributed by atoms with van der Waals surface area (Å²) < 4.78 is 5.67. The van der Waals surface area contributed by atoms with Crippen LogP contribution in [-0.4, -0.2) is 51.6 Å². The number of halogens is 1. The maximum absolute atomic E-state index is 12.9. The van der Waals surface area contributed by atoms with Crippen molar-refractivity contribution in [3.63, 3.8) is 0 Å². The van der Waals surface area contributed by atoms with E-state index in [1.54, 1.807) is 18.0 Å². The maximum atomic E-state index is 12.9. The van der Waals surface area contributed by atoms with Crippen LogP contribution >= 0.6 is 23.4 Å². The first kappa shape index (κ1) is 31.8. The van der Waals surface area contributed by atoms with Gasteiger partial charge >= 0.3 is 6.09 Å². The summed E-state index contributed by atoms with van der Waals surface area (Å²) in [7, 11) is 0. The molecule has 3 aromatic rings. The van der Waals surface area contributed by atoms with Gasteiger partial charge < -0.3 is 20.5 Å². The van der Waals surface area contributed by atoms with Crippen LogP contribution in [0.25, 0.3) is 11.3 Å². The average molecular weight is 611 g/mol. The predicted molar refractivity (Wildman–Crippen MR) is 166 cm³/mol. The Kier molecular flexibility index (Phi) is 11.6. The van der Waals surface area contributed by atoms with Gasteiger partial charge in [-0.1, -0.05) is 92.0 Å². The van der Waals surface area contributed by atoms with Crippen LogP contribution in [-0.2, 0) is 9.53 Å². The van der Waals surface area contributed by atoms with Crippen molar-refractivity contribution in [1.29, 1.82) is 0 Å². The maximum Gasteiger partial charge on any atom is 0.407 e. The van der Waals surface area contributed by atoms with Crippen molar-refractivity contribution in [3.05, 3.63) is 77.4 Å². The molecule has 1 aliphatic carbocycles. The Morgan fingerprint density at radius 2 is 1.83 bits per heavy atom. The Balaban J connectivity index is 1.30. The van der Waals surface area contributed by atoms with E-state index >= 15 is 0 Å². The molecule has 1 heterocycles. The summed E-state index contributed by atoms with van der Waals surface area (Å²) in [6, 6.07) is 17.9. The summed E-state index contributed by atoms with van der Waals surface area (Å²) in [6.07, 6.45) is 4.73. The second kappa shape index (κ2) is 15.4. The third-order valence-electron chi connectivity index (χ3n) is 7.68. The molecule has 1 aliphatic rings. The molecule has 0 saturated heterocycles. The number of alkyl carbamates (subject to hydrolysis) is 1.